The summed E-state index contributed by atoms with van der Waals surface area (Å²) < 4.78 is 40.8. The quantitative estimate of drug-likeness (QED) is 0.364. The Morgan fingerprint density at radius 3 is 2.87 bits per heavy atom. The van der Waals surface area contributed by atoms with Gasteiger partial charge in [-0.1, -0.05) is 24.3 Å². The fraction of sp³-hybridized carbons (Fsp3) is 0.0476. The minimum atomic E-state index is -4.12. The van der Waals surface area contributed by atoms with Gasteiger partial charge in [0.15, 0.2) is 5.13 Å². The number of nitrogens with one attached hydrogen (secondary N) is 3. The highest BCUT2D eigenvalue weighted by Gasteiger charge is 2.21. The second-order valence-electron chi connectivity index (χ2n) is 6.53. The fourth-order valence-electron chi connectivity index (χ4n) is 3.00. The van der Waals surface area contributed by atoms with E-state index in [1.807, 2.05) is 35.8 Å². The Hall–Kier alpha value is -3.34. The Morgan fingerprint density at radius 1 is 1.26 bits per heavy atom. The summed E-state index contributed by atoms with van der Waals surface area (Å²) in [7, 11) is -4.12. The van der Waals surface area contributed by atoms with Crippen molar-refractivity contribution in [2.75, 3.05) is 11.9 Å². The minimum Gasteiger partial charge on any atom is -0.360 e. The molecule has 0 aliphatic carbocycles. The van der Waals surface area contributed by atoms with Crippen LogP contribution in [0.3, 0.4) is 0 Å². The molecule has 0 fully saturated rings. The molecule has 0 bridgehead atoms. The van der Waals surface area contributed by atoms with Crippen molar-refractivity contribution in [3.8, 4) is 11.3 Å². The van der Waals surface area contributed by atoms with Crippen LogP contribution in [0.15, 0.2) is 71.6 Å². The van der Waals surface area contributed by atoms with E-state index < -0.39 is 26.6 Å². The van der Waals surface area contributed by atoms with Crippen LogP contribution in [-0.4, -0.2) is 30.8 Å². The van der Waals surface area contributed by atoms with Gasteiger partial charge >= 0.3 is 0 Å². The number of carbonyl (C=O) groups excluding carboxylic acids is 1. The summed E-state index contributed by atoms with van der Waals surface area (Å²) in [5, 5.41) is 5.79. The molecule has 2 aromatic carbocycles. The van der Waals surface area contributed by atoms with Gasteiger partial charge < -0.3 is 4.98 Å². The molecule has 1 amide bonds. The van der Waals surface area contributed by atoms with Crippen molar-refractivity contribution in [2.24, 2.45) is 0 Å². The highest BCUT2D eigenvalue weighted by atomic mass is 32.2. The fourth-order valence-corrected chi connectivity index (χ4v) is 4.81. The molecule has 0 unspecified atom stereocenters. The number of thiazole rings is 1. The number of nitrogens with zero attached hydrogens (tertiary/aromatic N) is 1. The lowest BCUT2D eigenvalue weighted by Crippen LogP contribution is -2.25. The first-order chi connectivity index (χ1) is 14.9. The normalized spacial score (nSPS) is 11.5. The van der Waals surface area contributed by atoms with Crippen LogP contribution in [0, 0.1) is 5.82 Å². The number of sulfonamides is 1. The number of anilines is 1. The number of H-pyrrole nitrogens is 1. The van der Waals surface area contributed by atoms with Crippen molar-refractivity contribution in [1.82, 2.24) is 14.7 Å². The second kappa shape index (κ2) is 8.42. The largest absolute Gasteiger partial charge is 0.360 e. The van der Waals surface area contributed by atoms with Gasteiger partial charge in [0.25, 0.3) is 5.91 Å². The van der Waals surface area contributed by atoms with Gasteiger partial charge in [0.1, 0.15) is 10.7 Å². The van der Waals surface area contributed by atoms with Gasteiger partial charge in [-0.25, -0.2) is 22.5 Å². The molecule has 10 heteroatoms. The molecule has 4 aromatic rings. The molecule has 0 aliphatic rings. The van der Waals surface area contributed by atoms with E-state index in [2.05, 4.69) is 26.6 Å². The van der Waals surface area contributed by atoms with E-state index in [-0.39, 0.29) is 12.1 Å². The van der Waals surface area contributed by atoms with Gasteiger partial charge in [0.05, 0.1) is 5.69 Å². The molecule has 158 valence electrons. The van der Waals surface area contributed by atoms with Crippen molar-refractivity contribution >= 4 is 43.3 Å². The SMILES string of the molecule is C=CCNS(=O)(=O)c1cc(C(=O)Nc2nc(-c3c[nH]c4ccccc34)cs2)ccc1F. The lowest BCUT2D eigenvalue weighted by Gasteiger charge is -2.08. The lowest BCUT2D eigenvalue weighted by atomic mass is 10.1. The van der Waals surface area contributed by atoms with E-state index in [0.29, 0.717) is 10.8 Å². The van der Waals surface area contributed by atoms with Crippen molar-refractivity contribution in [1.29, 1.82) is 0 Å². The van der Waals surface area contributed by atoms with Crippen LogP contribution in [0.4, 0.5) is 9.52 Å². The topological polar surface area (TPSA) is 104 Å². The van der Waals surface area contributed by atoms with Crippen LogP contribution in [0.5, 0.6) is 0 Å². The van der Waals surface area contributed by atoms with Gasteiger partial charge in [0, 0.05) is 40.2 Å². The van der Waals surface area contributed by atoms with Crippen molar-refractivity contribution in [2.45, 2.75) is 4.90 Å². The summed E-state index contributed by atoms with van der Waals surface area (Å²) >= 11 is 1.23. The molecule has 31 heavy (non-hydrogen) atoms. The van der Waals surface area contributed by atoms with Crippen LogP contribution in [0.1, 0.15) is 10.4 Å². The second-order valence-corrected chi connectivity index (χ2v) is 9.12. The van der Waals surface area contributed by atoms with E-state index in [9.17, 15) is 17.6 Å². The third-order valence-electron chi connectivity index (χ3n) is 4.49. The maximum atomic E-state index is 14.1. The van der Waals surface area contributed by atoms with E-state index in [0.717, 1.165) is 28.6 Å². The molecule has 7 nitrogen and oxygen atoms in total. The van der Waals surface area contributed by atoms with Crippen LogP contribution < -0.4 is 10.0 Å². The average Bonchev–Trinajstić information content (AvgIpc) is 3.39. The molecule has 4 rings (SSSR count). The molecule has 2 heterocycles. The minimum absolute atomic E-state index is 0.00998. The molecular weight excluding hydrogens is 439 g/mol. The molecule has 0 spiro atoms. The summed E-state index contributed by atoms with van der Waals surface area (Å²) in [6, 6.07) is 10.9. The first-order valence-electron chi connectivity index (χ1n) is 9.12. The van der Waals surface area contributed by atoms with Gasteiger partial charge in [-0.2, -0.15) is 0 Å². The highest BCUT2D eigenvalue weighted by molar-refractivity contribution is 7.89. The average molecular weight is 457 g/mol. The summed E-state index contributed by atoms with van der Waals surface area (Å²) in [5.74, 6) is -1.55. The predicted molar refractivity (Wildman–Crippen MR) is 119 cm³/mol. The Labute approximate surface area is 181 Å². The smallest absolute Gasteiger partial charge is 0.257 e. The molecule has 3 N–H and O–H groups in total. The molecule has 0 saturated carbocycles. The van der Waals surface area contributed by atoms with Gasteiger partial charge in [-0.05, 0) is 24.3 Å². The Bertz CT molecular complexity index is 1390. The molecular formula is C21H17FN4O3S2. The number of amides is 1. The number of hydrogen-bond acceptors (Lipinski definition) is 5. The molecule has 0 atom stereocenters. The number of fused-ring (bicyclic) bond motifs is 1. The molecule has 2 aromatic heterocycles. The molecule has 0 radical (unpaired) electrons. The third-order valence-corrected chi connectivity index (χ3v) is 6.69. The Balaban J connectivity index is 1.57. The third kappa shape index (κ3) is 4.26. The first-order valence-corrected chi connectivity index (χ1v) is 11.5. The predicted octanol–water partition coefficient (Wildman–Crippen LogP) is 4.15. The number of hydrogen-bond donors (Lipinski definition) is 3. The summed E-state index contributed by atoms with van der Waals surface area (Å²) in [6.45, 7) is 3.36. The van der Waals surface area contributed by atoms with Crippen LogP contribution in [-0.2, 0) is 10.0 Å². The van der Waals surface area contributed by atoms with E-state index in [1.165, 1.54) is 23.5 Å². The monoisotopic (exact) mass is 456 g/mol. The van der Waals surface area contributed by atoms with E-state index in [1.54, 1.807) is 0 Å². The van der Waals surface area contributed by atoms with Crippen LogP contribution >= 0.6 is 11.3 Å². The van der Waals surface area contributed by atoms with Gasteiger partial charge in [-0.3, -0.25) is 10.1 Å². The standard InChI is InChI=1S/C21H17FN4O3S2/c1-2-9-24-31(28,29)19-10-13(7-8-16(19)22)20(27)26-21-25-18(12-30-21)15-11-23-17-6-4-3-5-14(15)17/h2-8,10-12,23-24H,1,9H2,(H,25,26,27). The maximum absolute atomic E-state index is 14.1. The lowest BCUT2D eigenvalue weighted by molar-refractivity contribution is 0.102. The Kier molecular flexibility index (Phi) is 5.68. The van der Waals surface area contributed by atoms with Crippen LogP contribution in [0.25, 0.3) is 22.2 Å². The summed E-state index contributed by atoms with van der Waals surface area (Å²) in [5.41, 5.74) is 2.55. The van der Waals surface area contributed by atoms with Crippen molar-refractivity contribution in [3.63, 3.8) is 0 Å². The molecule has 0 saturated heterocycles. The highest BCUT2D eigenvalue weighted by Crippen LogP contribution is 2.31. The zero-order valence-corrected chi connectivity index (χ0v) is 17.7. The number of rotatable bonds is 7. The number of benzene rings is 2. The Morgan fingerprint density at radius 2 is 2.06 bits per heavy atom. The van der Waals surface area contributed by atoms with E-state index >= 15 is 0 Å². The number of carbonyl (C=O) groups is 1. The number of halogens is 1. The zero-order valence-electron chi connectivity index (χ0n) is 16.1. The molecule has 0 aliphatic heterocycles. The van der Waals surface area contributed by atoms with Crippen LogP contribution in [0.2, 0.25) is 0 Å². The van der Waals surface area contributed by atoms with Crippen molar-refractivity contribution < 1.29 is 17.6 Å². The van der Waals surface area contributed by atoms with E-state index in [4.69, 9.17) is 0 Å². The maximum Gasteiger partial charge on any atom is 0.257 e. The number of para-hydroxylation sites is 1. The summed E-state index contributed by atoms with van der Waals surface area (Å²) in [6.07, 6.45) is 3.18. The first kappa shape index (κ1) is 20.9. The number of aromatic nitrogens is 2. The van der Waals surface area contributed by atoms with Crippen molar-refractivity contribution in [3.05, 3.63) is 78.1 Å². The summed E-state index contributed by atoms with van der Waals surface area (Å²) in [4.78, 5) is 19.6. The zero-order chi connectivity index (χ0) is 22.0. The van der Waals surface area contributed by atoms with Gasteiger partial charge in [0.2, 0.25) is 10.0 Å². The van der Waals surface area contributed by atoms with Gasteiger partial charge in [-0.15, -0.1) is 17.9 Å². The number of aromatic amines is 1.